The quantitative estimate of drug-likeness (QED) is 0.168. The molecule has 3 heterocycles. The maximum absolute atomic E-state index is 2.65. The maximum atomic E-state index is 2.65. The van der Waals surface area contributed by atoms with Crippen LogP contribution in [0.2, 0.25) is 0 Å². The molecule has 1 aliphatic carbocycles. The largest absolute Gasteiger partial charge is 0.310 e. The number of rotatable bonds is 6. The van der Waals surface area contributed by atoms with Gasteiger partial charge in [-0.05, 0) is 107 Å². The second kappa shape index (κ2) is 12.1. The minimum Gasteiger partial charge on any atom is -0.310 e. The summed E-state index contributed by atoms with van der Waals surface area (Å²) in [5.41, 5.74) is 13.5. The predicted molar refractivity (Wildman–Crippen MR) is 243 cm³/mol. The summed E-state index contributed by atoms with van der Waals surface area (Å²) in [4.78, 5) is 6.12. The van der Waals surface area contributed by atoms with Crippen LogP contribution in [0.1, 0.15) is 25.1 Å². The molecule has 12 rings (SSSR count). The Kier molecular flexibility index (Phi) is 6.85. The van der Waals surface area contributed by atoms with E-state index in [0.717, 1.165) is 28.4 Å². The minimum atomic E-state index is -0.250. The number of thiophene rings is 1. The molecule has 0 radical (unpaired) electrons. The molecule has 0 amide bonds. The fourth-order valence-corrected chi connectivity index (χ4v) is 11.0. The molecule has 0 fully saturated rings. The predicted octanol–water partition coefficient (Wildman–Crippen LogP) is 15.3. The van der Waals surface area contributed by atoms with Gasteiger partial charge in [0.2, 0.25) is 0 Å². The van der Waals surface area contributed by atoms with Crippen molar-refractivity contribution < 1.29 is 0 Å². The molecule has 0 saturated carbocycles. The molecule has 8 aromatic carbocycles. The molecule has 0 aliphatic heterocycles. The average Bonchev–Trinajstić information content (AvgIpc) is 3.96. The maximum Gasteiger partial charge on any atom is 0.109 e. The zero-order valence-corrected chi connectivity index (χ0v) is 32.5. The summed E-state index contributed by atoms with van der Waals surface area (Å²) < 4.78 is 3.97. The first-order valence-electron chi connectivity index (χ1n) is 19.7. The van der Waals surface area contributed by atoms with Crippen LogP contribution in [0.15, 0.2) is 188 Å². The lowest BCUT2D eigenvalue weighted by Crippen LogP contribution is -2.17. The summed E-state index contributed by atoms with van der Waals surface area (Å²) in [6, 6.07) is 68.6. The molecular formula is C53H37N3S. The van der Waals surface area contributed by atoms with Crippen LogP contribution in [0, 0.1) is 0 Å². The first-order valence-corrected chi connectivity index (χ1v) is 20.5. The first-order chi connectivity index (χ1) is 28.1. The number of hydrogen-bond acceptors (Lipinski definition) is 3. The molecule has 0 unspecified atom stereocenters. The molecule has 1 aliphatic rings. The zero-order chi connectivity index (χ0) is 37.8. The molecule has 0 spiro atoms. The second-order valence-electron chi connectivity index (χ2n) is 15.8. The fraction of sp³-hybridized carbons (Fsp3) is 0.0566. The normalized spacial score (nSPS) is 13.2. The molecule has 57 heavy (non-hydrogen) atoms. The van der Waals surface area contributed by atoms with Gasteiger partial charge in [0.15, 0.2) is 0 Å². The lowest BCUT2D eigenvalue weighted by molar-refractivity contribution is 0.635. The van der Waals surface area contributed by atoms with Gasteiger partial charge in [-0.15, -0.1) is 11.3 Å². The highest BCUT2D eigenvalue weighted by molar-refractivity contribution is 7.25. The van der Waals surface area contributed by atoms with Crippen molar-refractivity contribution in [2.24, 2.45) is 0 Å². The van der Waals surface area contributed by atoms with Gasteiger partial charge in [-0.25, -0.2) is 0 Å². The van der Waals surface area contributed by atoms with Crippen molar-refractivity contribution in [2.45, 2.75) is 19.3 Å². The monoisotopic (exact) mass is 747 g/mol. The fourth-order valence-electron chi connectivity index (χ4n) is 9.76. The Morgan fingerprint density at radius 3 is 1.68 bits per heavy atom. The summed E-state index contributed by atoms with van der Waals surface area (Å²) in [5.74, 6) is 0. The van der Waals surface area contributed by atoms with E-state index >= 15 is 0 Å². The molecule has 3 nitrogen and oxygen atoms in total. The molecule has 3 aromatic heterocycles. The summed E-state index contributed by atoms with van der Waals surface area (Å²) in [6.07, 6.45) is 0. The van der Waals surface area contributed by atoms with Crippen LogP contribution >= 0.6 is 11.3 Å². The molecule has 0 N–H and O–H groups in total. The van der Waals surface area contributed by atoms with Gasteiger partial charge < -0.3 is 14.2 Å². The molecule has 0 atom stereocenters. The highest BCUT2D eigenvalue weighted by atomic mass is 32.1. The molecule has 0 bridgehead atoms. The smallest absolute Gasteiger partial charge is 0.109 e. The van der Waals surface area contributed by atoms with Gasteiger partial charge in [0, 0.05) is 71.4 Å². The number of nitrogens with zero attached hydrogens (tertiary/aromatic N) is 3. The van der Waals surface area contributed by atoms with E-state index < -0.39 is 0 Å². The summed E-state index contributed by atoms with van der Waals surface area (Å²) in [7, 11) is 0. The van der Waals surface area contributed by atoms with Crippen molar-refractivity contribution in [1.82, 2.24) is 4.40 Å². The van der Waals surface area contributed by atoms with Crippen molar-refractivity contribution in [3.05, 3.63) is 199 Å². The van der Waals surface area contributed by atoms with Crippen molar-refractivity contribution >= 4 is 92.8 Å². The van der Waals surface area contributed by atoms with E-state index in [4.69, 9.17) is 0 Å². The van der Waals surface area contributed by atoms with Crippen molar-refractivity contribution in [1.29, 1.82) is 0 Å². The minimum absolute atomic E-state index is 0.250. The molecule has 270 valence electrons. The SMILES string of the molecule is CC1(C)c2cc3cc(N(c4ccccc4)c4ccccc4)ccc3cc2-c2c1n1c3sc4ccccc4c3c3c(N(c4ccccc4)c4ccccc4)ccc2c31. The van der Waals surface area contributed by atoms with Gasteiger partial charge in [-0.1, -0.05) is 117 Å². The van der Waals surface area contributed by atoms with E-state index in [1.165, 1.54) is 75.4 Å². The van der Waals surface area contributed by atoms with Gasteiger partial charge in [0.1, 0.15) is 4.83 Å². The van der Waals surface area contributed by atoms with Crippen molar-refractivity contribution in [3.8, 4) is 11.1 Å². The third kappa shape index (κ3) is 4.59. The van der Waals surface area contributed by atoms with E-state index in [-0.39, 0.29) is 5.41 Å². The van der Waals surface area contributed by atoms with Crippen LogP contribution in [-0.4, -0.2) is 4.40 Å². The van der Waals surface area contributed by atoms with Crippen LogP contribution in [-0.2, 0) is 5.41 Å². The van der Waals surface area contributed by atoms with Crippen LogP contribution in [0.4, 0.5) is 34.1 Å². The average molecular weight is 748 g/mol. The van der Waals surface area contributed by atoms with Gasteiger partial charge >= 0.3 is 0 Å². The third-order valence-electron chi connectivity index (χ3n) is 12.2. The molecule has 11 aromatic rings. The number of fused-ring (bicyclic) bond motifs is 11. The van der Waals surface area contributed by atoms with E-state index in [0.29, 0.717) is 0 Å². The van der Waals surface area contributed by atoms with E-state index in [9.17, 15) is 0 Å². The number of hydrogen-bond donors (Lipinski definition) is 0. The summed E-state index contributed by atoms with van der Waals surface area (Å²) >= 11 is 1.92. The lowest BCUT2D eigenvalue weighted by Gasteiger charge is -2.27. The van der Waals surface area contributed by atoms with E-state index in [1.54, 1.807) is 0 Å². The summed E-state index contributed by atoms with van der Waals surface area (Å²) in [5, 5.41) is 7.79. The van der Waals surface area contributed by atoms with Crippen molar-refractivity contribution in [2.75, 3.05) is 9.80 Å². The van der Waals surface area contributed by atoms with E-state index in [1.807, 2.05) is 11.3 Å². The summed E-state index contributed by atoms with van der Waals surface area (Å²) in [6.45, 7) is 4.87. The van der Waals surface area contributed by atoms with Gasteiger partial charge in [0.25, 0.3) is 0 Å². The zero-order valence-electron chi connectivity index (χ0n) is 31.6. The van der Waals surface area contributed by atoms with E-state index in [2.05, 4.69) is 216 Å². The Balaban J connectivity index is 1.12. The Bertz CT molecular complexity index is 3230. The topological polar surface area (TPSA) is 10.9 Å². The number of benzene rings is 8. The number of para-hydroxylation sites is 4. The standard InChI is InChI=1S/C53H37N3S/c1-53(2)44-33-35-31-40(54(36-17-7-3-8-18-36)37-19-9-4-10-20-37)28-27-34(35)32-43(44)47-42-29-30-45(55(38-21-11-5-12-22-38)39-23-13-6-14-24-39)49-48-41-25-15-16-26-46(41)57-52(48)56(50(42)49)51(47)53/h3-33H,1-2H3. The Morgan fingerprint density at radius 2 is 1.05 bits per heavy atom. The Hall–Kier alpha value is -6.88. The Labute approximate surface area is 335 Å². The molecule has 0 saturated heterocycles. The van der Waals surface area contributed by atoms with Gasteiger partial charge in [-0.2, -0.15) is 0 Å². The second-order valence-corrected chi connectivity index (χ2v) is 16.8. The third-order valence-corrected chi connectivity index (χ3v) is 13.3. The van der Waals surface area contributed by atoms with Crippen LogP contribution in [0.3, 0.4) is 0 Å². The van der Waals surface area contributed by atoms with Crippen LogP contribution in [0.5, 0.6) is 0 Å². The highest BCUT2D eigenvalue weighted by Gasteiger charge is 2.42. The van der Waals surface area contributed by atoms with Gasteiger partial charge in [-0.3, -0.25) is 0 Å². The molecular weight excluding hydrogens is 711 g/mol. The Morgan fingerprint density at radius 1 is 0.474 bits per heavy atom. The first kappa shape index (κ1) is 32.4. The number of anilines is 6. The van der Waals surface area contributed by atoms with Crippen LogP contribution < -0.4 is 9.80 Å². The van der Waals surface area contributed by atoms with Crippen LogP contribution in [0.25, 0.3) is 58.5 Å². The molecule has 4 heteroatoms. The van der Waals surface area contributed by atoms with Gasteiger partial charge in [0.05, 0.1) is 11.2 Å². The number of aromatic nitrogens is 1. The van der Waals surface area contributed by atoms with Crippen molar-refractivity contribution in [3.63, 3.8) is 0 Å². The lowest BCUT2D eigenvalue weighted by atomic mass is 9.84. The highest BCUT2D eigenvalue weighted by Crippen LogP contribution is 2.59.